The summed E-state index contributed by atoms with van der Waals surface area (Å²) in [5.41, 5.74) is 2.55. The van der Waals surface area contributed by atoms with E-state index in [4.69, 9.17) is 9.15 Å². The molecule has 1 saturated carbocycles. The summed E-state index contributed by atoms with van der Waals surface area (Å²) in [7, 11) is 1.74. The van der Waals surface area contributed by atoms with Crippen molar-refractivity contribution in [2.75, 3.05) is 7.11 Å². The van der Waals surface area contributed by atoms with E-state index in [9.17, 15) is 0 Å². The van der Waals surface area contributed by atoms with Crippen molar-refractivity contribution in [2.45, 2.75) is 31.3 Å². The second-order valence-electron chi connectivity index (χ2n) is 5.12. The lowest BCUT2D eigenvalue weighted by Crippen LogP contribution is -2.39. The molecule has 1 fully saturated rings. The highest BCUT2D eigenvalue weighted by Gasteiger charge is 2.31. The van der Waals surface area contributed by atoms with Crippen LogP contribution in [0.25, 0.3) is 0 Å². The summed E-state index contributed by atoms with van der Waals surface area (Å²) in [6.07, 6.45) is 5.87. The summed E-state index contributed by atoms with van der Waals surface area (Å²) in [4.78, 5) is 0. The van der Waals surface area contributed by atoms with E-state index in [2.05, 4.69) is 17.4 Å². The molecule has 3 rings (SSSR count). The van der Waals surface area contributed by atoms with Gasteiger partial charge in [0.25, 0.3) is 0 Å². The van der Waals surface area contributed by atoms with Crippen LogP contribution in [0.5, 0.6) is 5.75 Å². The van der Waals surface area contributed by atoms with Gasteiger partial charge in [0.15, 0.2) is 0 Å². The predicted octanol–water partition coefficient (Wildman–Crippen LogP) is 3.32. The van der Waals surface area contributed by atoms with Gasteiger partial charge < -0.3 is 14.5 Å². The molecule has 2 aromatic rings. The zero-order valence-corrected chi connectivity index (χ0v) is 11.1. The molecule has 100 valence electrons. The maximum Gasteiger partial charge on any atom is 0.122 e. The van der Waals surface area contributed by atoms with E-state index in [1.54, 1.807) is 19.6 Å². The minimum absolute atomic E-state index is 0.602. The third-order valence-electron chi connectivity index (χ3n) is 3.89. The third kappa shape index (κ3) is 2.66. The van der Waals surface area contributed by atoms with Gasteiger partial charge in [-0.15, -0.1) is 0 Å². The Morgan fingerprint density at radius 1 is 1.26 bits per heavy atom. The van der Waals surface area contributed by atoms with Crippen molar-refractivity contribution in [3.05, 3.63) is 54.0 Å². The number of hydrogen-bond acceptors (Lipinski definition) is 3. The quantitative estimate of drug-likeness (QED) is 0.892. The fourth-order valence-corrected chi connectivity index (χ4v) is 2.70. The first-order valence-corrected chi connectivity index (χ1v) is 6.74. The summed E-state index contributed by atoms with van der Waals surface area (Å²) >= 11 is 0. The van der Waals surface area contributed by atoms with E-state index in [1.807, 2.05) is 18.2 Å². The van der Waals surface area contributed by atoms with Crippen LogP contribution in [0.15, 0.2) is 47.3 Å². The molecule has 0 unspecified atom stereocenters. The van der Waals surface area contributed by atoms with E-state index >= 15 is 0 Å². The molecule has 1 aliphatic carbocycles. The average Bonchev–Trinajstić information content (AvgIpc) is 2.90. The van der Waals surface area contributed by atoms with Gasteiger partial charge >= 0.3 is 0 Å². The van der Waals surface area contributed by atoms with Crippen molar-refractivity contribution in [3.8, 4) is 5.75 Å². The van der Waals surface area contributed by atoms with Gasteiger partial charge in [-0.1, -0.05) is 18.2 Å². The first-order valence-electron chi connectivity index (χ1n) is 6.74. The average molecular weight is 257 g/mol. The molecular weight excluding hydrogens is 238 g/mol. The van der Waals surface area contributed by atoms with Gasteiger partial charge in [-0.25, -0.2) is 0 Å². The van der Waals surface area contributed by atoms with Crippen molar-refractivity contribution in [1.82, 2.24) is 5.32 Å². The van der Waals surface area contributed by atoms with Gasteiger partial charge in [-0.2, -0.15) is 0 Å². The molecule has 19 heavy (non-hydrogen) atoms. The smallest absolute Gasteiger partial charge is 0.122 e. The number of nitrogens with one attached hydrogen (secondary N) is 1. The normalized spacial score (nSPS) is 21.9. The monoisotopic (exact) mass is 257 g/mol. The minimum Gasteiger partial charge on any atom is -0.496 e. The summed E-state index contributed by atoms with van der Waals surface area (Å²) in [5, 5.41) is 3.56. The molecule has 1 aromatic heterocycles. The molecule has 0 radical (unpaired) electrons. The highest BCUT2D eigenvalue weighted by atomic mass is 16.5. The van der Waals surface area contributed by atoms with E-state index in [1.165, 1.54) is 24.0 Å². The second kappa shape index (κ2) is 5.49. The predicted molar refractivity (Wildman–Crippen MR) is 74.3 cm³/mol. The molecule has 0 bridgehead atoms. The molecule has 3 nitrogen and oxygen atoms in total. The van der Waals surface area contributed by atoms with Gasteiger partial charge in [0, 0.05) is 18.2 Å². The van der Waals surface area contributed by atoms with Crippen LogP contribution in [-0.4, -0.2) is 13.2 Å². The number of ether oxygens (including phenoxy) is 1. The maximum absolute atomic E-state index is 5.42. The van der Waals surface area contributed by atoms with Crippen LogP contribution in [-0.2, 0) is 6.54 Å². The van der Waals surface area contributed by atoms with E-state index < -0.39 is 0 Å². The van der Waals surface area contributed by atoms with Crippen LogP contribution in [0.2, 0.25) is 0 Å². The Morgan fingerprint density at radius 2 is 2.11 bits per heavy atom. The van der Waals surface area contributed by atoms with Crippen LogP contribution >= 0.6 is 0 Å². The summed E-state index contributed by atoms with van der Waals surface area (Å²) in [6, 6.07) is 10.9. The first kappa shape index (κ1) is 12.3. The fraction of sp³-hybridized carbons (Fsp3) is 0.375. The van der Waals surface area contributed by atoms with Crippen LogP contribution in [0.1, 0.15) is 29.9 Å². The molecule has 0 aliphatic heterocycles. The van der Waals surface area contributed by atoms with Gasteiger partial charge in [0.05, 0.1) is 19.6 Å². The van der Waals surface area contributed by atoms with Crippen molar-refractivity contribution in [1.29, 1.82) is 0 Å². The van der Waals surface area contributed by atoms with Crippen LogP contribution in [0, 0.1) is 0 Å². The lowest BCUT2D eigenvalue weighted by molar-refractivity contribution is 0.282. The molecule has 3 heteroatoms. The Labute approximate surface area is 113 Å². The van der Waals surface area contributed by atoms with Crippen LogP contribution < -0.4 is 10.1 Å². The number of hydrogen-bond donors (Lipinski definition) is 1. The fourth-order valence-electron chi connectivity index (χ4n) is 2.70. The molecule has 0 spiro atoms. The standard InChI is InChI=1S/C16H19NO2/c1-18-16-5-3-2-4-15(16)13-8-14(9-13)17-10-12-6-7-19-11-12/h2-7,11,13-14,17H,8-10H2,1H3. The molecule has 1 aromatic carbocycles. The lowest BCUT2D eigenvalue weighted by atomic mass is 9.75. The van der Waals surface area contributed by atoms with E-state index in [-0.39, 0.29) is 0 Å². The maximum atomic E-state index is 5.42. The Balaban J connectivity index is 1.52. The molecule has 0 saturated heterocycles. The van der Waals surface area contributed by atoms with Gasteiger partial charge in [-0.05, 0) is 36.5 Å². The van der Waals surface area contributed by atoms with Gasteiger partial charge in [0.1, 0.15) is 5.75 Å². The SMILES string of the molecule is COc1ccccc1C1CC(NCc2ccoc2)C1. The Morgan fingerprint density at radius 3 is 2.84 bits per heavy atom. The van der Waals surface area contributed by atoms with Crippen LogP contribution in [0.4, 0.5) is 0 Å². The minimum atomic E-state index is 0.602. The summed E-state index contributed by atoms with van der Waals surface area (Å²) < 4.78 is 10.5. The lowest BCUT2D eigenvalue weighted by Gasteiger charge is -2.37. The van der Waals surface area contributed by atoms with Crippen LogP contribution in [0.3, 0.4) is 0 Å². The molecule has 1 aliphatic rings. The number of para-hydroxylation sites is 1. The second-order valence-corrected chi connectivity index (χ2v) is 5.12. The largest absolute Gasteiger partial charge is 0.496 e. The number of rotatable bonds is 5. The van der Waals surface area contributed by atoms with E-state index in [0.717, 1.165) is 12.3 Å². The van der Waals surface area contributed by atoms with Crippen molar-refractivity contribution in [3.63, 3.8) is 0 Å². The van der Waals surface area contributed by atoms with Crippen molar-refractivity contribution >= 4 is 0 Å². The Bertz CT molecular complexity index is 515. The zero-order valence-electron chi connectivity index (χ0n) is 11.1. The molecule has 1 heterocycles. The third-order valence-corrected chi connectivity index (χ3v) is 3.89. The number of benzene rings is 1. The number of furan rings is 1. The first-order chi connectivity index (χ1) is 9.36. The Kier molecular flexibility index (Phi) is 3.56. The molecular formula is C16H19NO2. The summed E-state index contributed by atoms with van der Waals surface area (Å²) in [5.74, 6) is 1.64. The Hall–Kier alpha value is -1.74. The van der Waals surface area contributed by atoms with Crippen molar-refractivity contribution < 1.29 is 9.15 Å². The summed E-state index contributed by atoms with van der Waals surface area (Å²) in [6.45, 7) is 0.889. The molecule has 1 N–H and O–H groups in total. The van der Waals surface area contributed by atoms with E-state index in [0.29, 0.717) is 12.0 Å². The highest BCUT2D eigenvalue weighted by Crippen LogP contribution is 2.40. The van der Waals surface area contributed by atoms with Gasteiger partial charge in [-0.3, -0.25) is 0 Å². The highest BCUT2D eigenvalue weighted by molar-refractivity contribution is 5.37. The van der Waals surface area contributed by atoms with Crippen molar-refractivity contribution in [2.24, 2.45) is 0 Å². The molecule has 0 atom stereocenters. The number of methoxy groups -OCH3 is 1. The topological polar surface area (TPSA) is 34.4 Å². The molecule has 0 amide bonds. The van der Waals surface area contributed by atoms with Gasteiger partial charge in [0.2, 0.25) is 0 Å². The zero-order chi connectivity index (χ0) is 13.1.